The molecule has 0 unspecified atom stereocenters. The summed E-state index contributed by atoms with van der Waals surface area (Å²) in [6.45, 7) is 2.78. The van der Waals surface area contributed by atoms with Crippen LogP contribution in [0.5, 0.6) is 5.75 Å². The summed E-state index contributed by atoms with van der Waals surface area (Å²) in [7, 11) is -2.03. The summed E-state index contributed by atoms with van der Waals surface area (Å²) in [6.07, 6.45) is 4.88. The zero-order valence-corrected chi connectivity index (χ0v) is 26.0. The van der Waals surface area contributed by atoms with Crippen molar-refractivity contribution in [1.29, 1.82) is 0 Å². The van der Waals surface area contributed by atoms with Crippen molar-refractivity contribution < 1.29 is 17.9 Å². The average molecular weight is 610 g/mol. The Bertz CT molecular complexity index is 1810. The number of H-pyrrole nitrogens is 1. The van der Waals surface area contributed by atoms with E-state index in [-0.39, 0.29) is 17.3 Å². The summed E-state index contributed by atoms with van der Waals surface area (Å²) in [5.74, 6) is 0.551. The Balaban J connectivity index is 1.27. The highest BCUT2D eigenvalue weighted by Gasteiger charge is 2.17. The van der Waals surface area contributed by atoms with Crippen molar-refractivity contribution in [2.45, 2.75) is 50.5 Å². The third-order valence-corrected chi connectivity index (χ3v) is 9.33. The minimum atomic E-state index is -3.64. The van der Waals surface area contributed by atoms with Crippen molar-refractivity contribution in [1.82, 2.24) is 15.0 Å². The lowest BCUT2D eigenvalue weighted by Crippen LogP contribution is -2.26. The highest BCUT2D eigenvalue weighted by Crippen LogP contribution is 2.31. The van der Waals surface area contributed by atoms with E-state index in [2.05, 4.69) is 21.9 Å². The molecule has 0 radical (unpaired) electrons. The second-order valence-corrected chi connectivity index (χ2v) is 12.6. The summed E-state index contributed by atoms with van der Waals surface area (Å²) in [5.41, 5.74) is 6.41. The number of ether oxygens (including phenoxy) is 1. The molecule has 0 saturated carbocycles. The van der Waals surface area contributed by atoms with Gasteiger partial charge in [0.1, 0.15) is 5.75 Å². The van der Waals surface area contributed by atoms with Crippen LogP contribution in [-0.2, 0) is 29.4 Å². The largest absolute Gasteiger partial charge is 0.496 e. The standard InChI is InChI=1S/C36H39N3O4S/c1-3-4-5-10-26-15-21-30(22-16-26)44(41,42)38-24-23-32-31-12-7-8-13-33(31)39-35(32)27-17-19-28(20-18-27)36(40)37-25-29-11-6-9-14-34(29)43-2/h6-9,11-22,38-39H,3-5,10,23-25H2,1-2H3,(H,37,40). The number of para-hydroxylation sites is 2. The molecule has 5 rings (SSSR count). The van der Waals surface area contributed by atoms with Crippen molar-refractivity contribution in [2.75, 3.05) is 13.7 Å². The lowest BCUT2D eigenvalue weighted by molar-refractivity contribution is 0.0950. The summed E-state index contributed by atoms with van der Waals surface area (Å²) in [4.78, 5) is 16.7. The number of carbonyl (C=O) groups is 1. The van der Waals surface area contributed by atoms with Gasteiger partial charge in [-0.25, -0.2) is 13.1 Å². The zero-order valence-electron chi connectivity index (χ0n) is 25.2. The van der Waals surface area contributed by atoms with Gasteiger partial charge in [-0.15, -0.1) is 0 Å². The molecule has 0 atom stereocenters. The van der Waals surface area contributed by atoms with Crippen LogP contribution in [0.2, 0.25) is 0 Å². The minimum absolute atomic E-state index is 0.178. The molecule has 0 fully saturated rings. The van der Waals surface area contributed by atoms with Gasteiger partial charge in [-0.1, -0.05) is 80.4 Å². The maximum atomic E-state index is 13.1. The smallest absolute Gasteiger partial charge is 0.251 e. The van der Waals surface area contributed by atoms with Gasteiger partial charge in [0.05, 0.1) is 12.0 Å². The van der Waals surface area contributed by atoms with Gasteiger partial charge >= 0.3 is 0 Å². The van der Waals surface area contributed by atoms with Gasteiger partial charge in [0.15, 0.2) is 0 Å². The Morgan fingerprint density at radius 1 is 0.841 bits per heavy atom. The van der Waals surface area contributed by atoms with Crippen LogP contribution in [-0.4, -0.2) is 33.0 Å². The summed E-state index contributed by atoms with van der Waals surface area (Å²) in [6, 6.07) is 30.2. The highest BCUT2D eigenvalue weighted by atomic mass is 32.2. The van der Waals surface area contributed by atoms with Crippen molar-refractivity contribution in [3.63, 3.8) is 0 Å². The van der Waals surface area contributed by atoms with Crippen molar-refractivity contribution in [2.24, 2.45) is 0 Å². The van der Waals surface area contributed by atoms with Crippen molar-refractivity contribution in [3.8, 4) is 17.0 Å². The van der Waals surface area contributed by atoms with E-state index in [1.54, 1.807) is 31.4 Å². The van der Waals surface area contributed by atoms with Gasteiger partial charge in [-0.2, -0.15) is 0 Å². The fourth-order valence-corrected chi connectivity index (χ4v) is 6.46. The average Bonchev–Trinajstić information content (AvgIpc) is 3.42. The van der Waals surface area contributed by atoms with E-state index >= 15 is 0 Å². The molecule has 0 bridgehead atoms. The number of aryl methyl sites for hydroxylation is 1. The number of amides is 1. The first-order valence-electron chi connectivity index (χ1n) is 15.1. The molecule has 3 N–H and O–H groups in total. The number of aromatic amines is 1. The molecular formula is C36H39N3O4S. The van der Waals surface area contributed by atoms with E-state index in [9.17, 15) is 13.2 Å². The molecular weight excluding hydrogens is 570 g/mol. The SMILES string of the molecule is CCCCCc1ccc(S(=O)(=O)NCCc2c(-c3ccc(C(=O)NCc4ccccc4OC)cc3)[nH]c3ccccc23)cc1. The number of carbonyl (C=O) groups excluding carboxylic acids is 1. The molecule has 228 valence electrons. The number of hydrogen-bond acceptors (Lipinski definition) is 4. The van der Waals surface area contributed by atoms with E-state index in [0.29, 0.717) is 18.5 Å². The lowest BCUT2D eigenvalue weighted by atomic mass is 10.0. The molecule has 0 aliphatic carbocycles. The number of benzene rings is 4. The Morgan fingerprint density at radius 3 is 2.32 bits per heavy atom. The first kappa shape index (κ1) is 31.0. The van der Waals surface area contributed by atoms with Gasteiger partial charge in [0.25, 0.3) is 5.91 Å². The first-order chi connectivity index (χ1) is 21.4. The number of hydrogen-bond donors (Lipinski definition) is 3. The van der Waals surface area contributed by atoms with Gasteiger partial charge < -0.3 is 15.0 Å². The molecule has 44 heavy (non-hydrogen) atoms. The number of nitrogens with one attached hydrogen (secondary N) is 3. The van der Waals surface area contributed by atoms with E-state index in [4.69, 9.17) is 4.74 Å². The monoisotopic (exact) mass is 609 g/mol. The van der Waals surface area contributed by atoms with Crippen LogP contribution in [0.1, 0.15) is 53.2 Å². The molecule has 7 nitrogen and oxygen atoms in total. The Kier molecular flexibility index (Phi) is 10.1. The molecule has 5 aromatic rings. The Morgan fingerprint density at radius 2 is 1.57 bits per heavy atom. The summed E-state index contributed by atoms with van der Waals surface area (Å²) in [5, 5.41) is 4.00. The highest BCUT2D eigenvalue weighted by molar-refractivity contribution is 7.89. The Labute approximate surface area is 259 Å². The molecule has 1 amide bonds. The van der Waals surface area contributed by atoms with E-state index in [0.717, 1.165) is 63.9 Å². The van der Waals surface area contributed by atoms with Crippen LogP contribution in [0, 0.1) is 0 Å². The molecule has 0 aliphatic heterocycles. The number of methoxy groups -OCH3 is 1. The molecule has 1 heterocycles. The van der Waals surface area contributed by atoms with E-state index < -0.39 is 10.0 Å². The van der Waals surface area contributed by atoms with Gasteiger partial charge in [0, 0.05) is 40.8 Å². The van der Waals surface area contributed by atoms with Crippen LogP contribution >= 0.6 is 0 Å². The second kappa shape index (κ2) is 14.4. The van der Waals surface area contributed by atoms with Crippen molar-refractivity contribution >= 4 is 26.8 Å². The quantitative estimate of drug-likeness (QED) is 0.118. The minimum Gasteiger partial charge on any atom is -0.496 e. The normalized spacial score (nSPS) is 11.5. The summed E-state index contributed by atoms with van der Waals surface area (Å²) < 4.78 is 34.3. The topological polar surface area (TPSA) is 100 Å². The lowest BCUT2D eigenvalue weighted by Gasteiger charge is -2.11. The van der Waals surface area contributed by atoms with Crippen molar-refractivity contribution in [3.05, 3.63) is 119 Å². The van der Waals surface area contributed by atoms with Gasteiger partial charge in [0.2, 0.25) is 10.0 Å². The molecule has 0 saturated heterocycles. The van der Waals surface area contributed by atoms with Crippen LogP contribution < -0.4 is 14.8 Å². The summed E-state index contributed by atoms with van der Waals surface area (Å²) >= 11 is 0. The van der Waals surface area contributed by atoms with Crippen LogP contribution in [0.4, 0.5) is 0 Å². The maximum Gasteiger partial charge on any atom is 0.251 e. The van der Waals surface area contributed by atoms with Gasteiger partial charge in [-0.05, 0) is 72.4 Å². The number of fused-ring (bicyclic) bond motifs is 1. The zero-order chi connectivity index (χ0) is 30.9. The molecule has 8 heteroatoms. The van der Waals surface area contributed by atoms with Crippen LogP contribution in [0.25, 0.3) is 22.2 Å². The fraction of sp³-hybridized carbons (Fsp3) is 0.250. The molecule has 0 spiro atoms. The Hall–Kier alpha value is -4.40. The third kappa shape index (κ3) is 7.38. The number of aromatic nitrogens is 1. The van der Waals surface area contributed by atoms with Crippen LogP contribution in [0.15, 0.2) is 102 Å². The second-order valence-electron chi connectivity index (χ2n) is 10.8. The number of sulfonamides is 1. The predicted molar refractivity (Wildman–Crippen MR) is 176 cm³/mol. The maximum absolute atomic E-state index is 13.1. The molecule has 0 aliphatic rings. The fourth-order valence-electron chi connectivity index (χ4n) is 5.43. The molecule has 4 aromatic carbocycles. The van der Waals surface area contributed by atoms with E-state index in [1.807, 2.05) is 72.8 Å². The predicted octanol–water partition coefficient (Wildman–Crippen LogP) is 7.03. The number of unbranched alkanes of at least 4 members (excludes halogenated alkanes) is 2. The van der Waals surface area contributed by atoms with Crippen LogP contribution in [0.3, 0.4) is 0 Å². The molecule has 1 aromatic heterocycles. The first-order valence-corrected chi connectivity index (χ1v) is 16.6. The van der Waals surface area contributed by atoms with E-state index in [1.165, 1.54) is 6.42 Å². The third-order valence-electron chi connectivity index (χ3n) is 7.85. The van der Waals surface area contributed by atoms with Gasteiger partial charge in [-0.3, -0.25) is 4.79 Å². The number of rotatable bonds is 14.